The van der Waals surface area contributed by atoms with Crippen molar-refractivity contribution in [1.82, 2.24) is 4.57 Å². The normalized spacial score (nSPS) is 11.5. The van der Waals surface area contributed by atoms with E-state index >= 15 is 0 Å². The van der Waals surface area contributed by atoms with E-state index in [0.29, 0.717) is 0 Å². The molecule has 1 heterocycles. The minimum Gasteiger partial charge on any atom is -0.310 e. The number of anilines is 3. The lowest BCUT2D eigenvalue weighted by Crippen LogP contribution is -2.09. The molecule has 9 aromatic rings. The summed E-state index contributed by atoms with van der Waals surface area (Å²) in [4.78, 5) is 2.38. The number of para-hydroxylation sites is 2. The van der Waals surface area contributed by atoms with Gasteiger partial charge in [-0.2, -0.15) is 0 Å². The van der Waals surface area contributed by atoms with Crippen LogP contribution < -0.4 is 4.90 Å². The molecule has 0 radical (unpaired) electrons. The molecule has 0 aliphatic rings. The minimum absolute atomic E-state index is 1.13. The van der Waals surface area contributed by atoms with Crippen molar-refractivity contribution in [1.29, 1.82) is 0 Å². The summed E-state index contributed by atoms with van der Waals surface area (Å²) < 4.78 is 2.39. The van der Waals surface area contributed by atoms with Crippen LogP contribution in [0, 0.1) is 0 Å². The van der Waals surface area contributed by atoms with Gasteiger partial charge in [0.2, 0.25) is 0 Å². The van der Waals surface area contributed by atoms with Gasteiger partial charge in [-0.25, -0.2) is 0 Å². The molecule has 0 atom stereocenters. The average molecular weight is 587 g/mol. The molecule has 0 saturated heterocycles. The van der Waals surface area contributed by atoms with E-state index in [9.17, 15) is 0 Å². The maximum atomic E-state index is 2.39. The first-order valence-electron chi connectivity index (χ1n) is 15.8. The quantitative estimate of drug-likeness (QED) is 0.182. The highest BCUT2D eigenvalue weighted by atomic mass is 15.1. The van der Waals surface area contributed by atoms with Crippen molar-refractivity contribution < 1.29 is 0 Å². The number of aromatic nitrogens is 1. The molecule has 2 nitrogen and oxygen atoms in total. The zero-order valence-electron chi connectivity index (χ0n) is 25.2. The van der Waals surface area contributed by atoms with Crippen molar-refractivity contribution in [2.24, 2.45) is 0 Å². The van der Waals surface area contributed by atoms with Crippen LogP contribution in [0.1, 0.15) is 0 Å². The predicted octanol–water partition coefficient (Wildman–Crippen LogP) is 12.2. The lowest BCUT2D eigenvalue weighted by molar-refractivity contribution is 1.18. The second kappa shape index (κ2) is 10.8. The van der Waals surface area contributed by atoms with E-state index in [1.807, 2.05) is 0 Å². The number of fused-ring (bicyclic) bond motifs is 6. The molecule has 0 saturated carbocycles. The third kappa shape index (κ3) is 4.35. The molecule has 0 bridgehead atoms. The van der Waals surface area contributed by atoms with Gasteiger partial charge < -0.3 is 9.47 Å². The summed E-state index contributed by atoms with van der Waals surface area (Å²) in [6, 6.07) is 65.7. The van der Waals surface area contributed by atoms with Gasteiger partial charge in [0.05, 0.1) is 11.0 Å². The third-order valence-electron chi connectivity index (χ3n) is 9.15. The van der Waals surface area contributed by atoms with Gasteiger partial charge in [0.1, 0.15) is 0 Å². The maximum absolute atomic E-state index is 2.39. The zero-order valence-corrected chi connectivity index (χ0v) is 25.2. The van der Waals surface area contributed by atoms with E-state index in [1.54, 1.807) is 0 Å². The van der Waals surface area contributed by atoms with Crippen LogP contribution in [-0.2, 0) is 0 Å². The topological polar surface area (TPSA) is 8.17 Å². The Morgan fingerprint density at radius 2 is 0.870 bits per heavy atom. The smallest absolute Gasteiger partial charge is 0.0542 e. The lowest BCUT2D eigenvalue weighted by Gasteiger charge is -2.26. The summed E-state index contributed by atoms with van der Waals surface area (Å²) in [5.74, 6) is 0. The fourth-order valence-corrected chi connectivity index (χ4v) is 6.97. The number of hydrogen-bond acceptors (Lipinski definition) is 1. The molecule has 0 aliphatic carbocycles. The van der Waals surface area contributed by atoms with Crippen LogP contribution >= 0.6 is 0 Å². The van der Waals surface area contributed by atoms with Gasteiger partial charge in [-0.1, -0.05) is 121 Å². The van der Waals surface area contributed by atoms with E-state index in [-0.39, 0.29) is 0 Å². The fraction of sp³-hybridized carbons (Fsp3) is 0. The second-order valence-corrected chi connectivity index (χ2v) is 11.8. The number of benzene rings is 8. The van der Waals surface area contributed by atoms with Gasteiger partial charge in [0, 0.05) is 33.5 Å². The van der Waals surface area contributed by atoms with E-state index in [4.69, 9.17) is 0 Å². The van der Waals surface area contributed by atoms with Crippen LogP contribution in [0.25, 0.3) is 60.2 Å². The van der Waals surface area contributed by atoms with E-state index in [0.717, 1.165) is 22.7 Å². The van der Waals surface area contributed by atoms with Gasteiger partial charge >= 0.3 is 0 Å². The largest absolute Gasteiger partial charge is 0.310 e. The average Bonchev–Trinajstić information content (AvgIpc) is 3.46. The van der Waals surface area contributed by atoms with Crippen molar-refractivity contribution >= 4 is 60.4 Å². The molecule has 9 rings (SSSR count). The Balaban J connectivity index is 1.23. The van der Waals surface area contributed by atoms with Crippen molar-refractivity contribution in [3.8, 4) is 16.8 Å². The number of nitrogens with zero attached hydrogens (tertiary/aromatic N) is 2. The predicted molar refractivity (Wildman–Crippen MR) is 196 cm³/mol. The lowest BCUT2D eigenvalue weighted by atomic mass is 10.0. The minimum atomic E-state index is 1.13. The van der Waals surface area contributed by atoms with Crippen molar-refractivity contribution in [3.63, 3.8) is 0 Å². The molecule has 46 heavy (non-hydrogen) atoms. The molecule has 0 unspecified atom stereocenters. The van der Waals surface area contributed by atoms with Crippen LogP contribution in [0.2, 0.25) is 0 Å². The first-order valence-corrected chi connectivity index (χ1v) is 15.8. The zero-order chi connectivity index (χ0) is 30.5. The Morgan fingerprint density at radius 1 is 0.326 bits per heavy atom. The van der Waals surface area contributed by atoms with E-state index < -0.39 is 0 Å². The molecule has 0 fully saturated rings. The molecule has 216 valence electrons. The SMILES string of the molecule is c1ccc(-c2ccc(-n3c4ccccc4c4cc(N(c5ccccc5)c5ccc6ccc7ccccc7c6c5)ccc43)cc2)cc1. The van der Waals surface area contributed by atoms with Crippen LogP contribution in [-0.4, -0.2) is 4.57 Å². The highest BCUT2D eigenvalue weighted by molar-refractivity contribution is 6.11. The molecule has 0 aliphatic heterocycles. The Kier molecular flexibility index (Phi) is 6.17. The summed E-state index contributed by atoms with van der Waals surface area (Å²) in [6.45, 7) is 0. The van der Waals surface area contributed by atoms with E-state index in [1.165, 1.54) is 54.5 Å². The Morgan fingerprint density at radius 3 is 1.65 bits per heavy atom. The second-order valence-electron chi connectivity index (χ2n) is 11.8. The molecule has 0 N–H and O–H groups in total. The van der Waals surface area contributed by atoms with Gasteiger partial charge in [-0.3, -0.25) is 0 Å². The summed E-state index contributed by atoms with van der Waals surface area (Å²) in [5, 5.41) is 7.49. The Bertz CT molecular complexity index is 2510. The van der Waals surface area contributed by atoms with E-state index in [2.05, 4.69) is 191 Å². The molecule has 8 aromatic carbocycles. The van der Waals surface area contributed by atoms with Crippen molar-refractivity contribution in [2.75, 3.05) is 4.90 Å². The fourth-order valence-electron chi connectivity index (χ4n) is 6.97. The number of hydrogen-bond donors (Lipinski definition) is 0. The van der Waals surface area contributed by atoms with Crippen LogP contribution in [0.5, 0.6) is 0 Å². The molecule has 0 amide bonds. The van der Waals surface area contributed by atoms with Gasteiger partial charge in [-0.15, -0.1) is 0 Å². The molecular formula is C44H30N2. The summed E-state index contributed by atoms with van der Waals surface area (Å²) in [6.07, 6.45) is 0. The summed E-state index contributed by atoms with van der Waals surface area (Å²) >= 11 is 0. The van der Waals surface area contributed by atoms with Gasteiger partial charge in [0.25, 0.3) is 0 Å². The van der Waals surface area contributed by atoms with Crippen LogP contribution in [0.15, 0.2) is 182 Å². The Labute approximate surface area is 268 Å². The van der Waals surface area contributed by atoms with Crippen molar-refractivity contribution in [2.45, 2.75) is 0 Å². The summed E-state index contributed by atoms with van der Waals surface area (Å²) in [7, 11) is 0. The molecule has 0 spiro atoms. The molecular weight excluding hydrogens is 556 g/mol. The number of rotatable bonds is 5. The standard InChI is InChI=1S/C44H30N2/c1-3-11-31(12-4-1)32-21-24-36(25-22-32)46-43-18-10-9-17-40(43)42-30-38(27-28-44(42)46)45(35-14-5-2-6-15-35)37-26-23-34-20-19-33-13-7-8-16-39(33)41(34)29-37/h1-30H. The first kappa shape index (κ1) is 26.3. The molecule has 1 aromatic heterocycles. The third-order valence-corrected chi connectivity index (χ3v) is 9.15. The van der Waals surface area contributed by atoms with Gasteiger partial charge in [-0.05, 0) is 93.3 Å². The molecule has 2 heteroatoms. The Hall–Kier alpha value is -6.12. The van der Waals surface area contributed by atoms with Crippen molar-refractivity contribution in [3.05, 3.63) is 182 Å². The van der Waals surface area contributed by atoms with Crippen LogP contribution in [0.3, 0.4) is 0 Å². The summed E-state index contributed by atoms with van der Waals surface area (Å²) in [5.41, 5.74) is 9.37. The first-order chi connectivity index (χ1) is 22.8. The van der Waals surface area contributed by atoms with Gasteiger partial charge in [0.15, 0.2) is 0 Å². The highest BCUT2D eigenvalue weighted by Gasteiger charge is 2.18. The maximum Gasteiger partial charge on any atom is 0.0542 e. The highest BCUT2D eigenvalue weighted by Crippen LogP contribution is 2.41. The monoisotopic (exact) mass is 586 g/mol. The van der Waals surface area contributed by atoms with Crippen LogP contribution in [0.4, 0.5) is 17.1 Å².